The number of hydrogen-bond acceptors (Lipinski definition) is 2. The van der Waals surface area contributed by atoms with Gasteiger partial charge >= 0.3 is 6.03 Å². The second kappa shape index (κ2) is 6.12. The van der Waals surface area contributed by atoms with Crippen LogP contribution in [0.2, 0.25) is 0 Å². The Morgan fingerprint density at radius 1 is 1.38 bits per heavy atom. The zero-order valence-electron chi connectivity index (χ0n) is 10.1. The quantitative estimate of drug-likeness (QED) is 0.815. The Morgan fingerprint density at radius 2 is 2.12 bits per heavy atom. The highest BCUT2D eigenvalue weighted by molar-refractivity contribution is 5.88. The van der Waals surface area contributed by atoms with Gasteiger partial charge in [0.15, 0.2) is 0 Å². The van der Waals surface area contributed by atoms with Gasteiger partial charge in [-0.3, -0.25) is 0 Å². The molecule has 4 nitrogen and oxygen atoms in total. The van der Waals surface area contributed by atoms with Gasteiger partial charge in [-0.25, -0.2) is 4.79 Å². The molecule has 0 saturated carbocycles. The third-order valence-electron chi connectivity index (χ3n) is 2.16. The Bertz CT molecular complexity index is 350. The summed E-state index contributed by atoms with van der Waals surface area (Å²) < 4.78 is 0. The van der Waals surface area contributed by atoms with Crippen molar-refractivity contribution in [3.8, 4) is 0 Å². The normalized spacial score (nSPS) is 9.94. The molecule has 0 aromatic heterocycles. The van der Waals surface area contributed by atoms with Crippen LogP contribution in [0.3, 0.4) is 0 Å². The average molecular weight is 221 g/mol. The van der Waals surface area contributed by atoms with Crippen LogP contribution >= 0.6 is 0 Å². The fraction of sp³-hybridized carbons (Fsp3) is 0.417. The maximum atomic E-state index is 11.4. The summed E-state index contributed by atoms with van der Waals surface area (Å²) in [5.41, 5.74) is 1.99. The van der Waals surface area contributed by atoms with Gasteiger partial charge in [0, 0.05) is 26.3 Å². The number of hydrogen-bond donors (Lipinski definition) is 2. The van der Waals surface area contributed by atoms with Gasteiger partial charge in [0.05, 0.1) is 0 Å². The highest BCUT2D eigenvalue weighted by Gasteiger charge is 2.03. The second-order valence-corrected chi connectivity index (χ2v) is 3.81. The first-order chi connectivity index (χ1) is 7.63. The number of urea groups is 1. The molecule has 0 heterocycles. The monoisotopic (exact) mass is 221 g/mol. The van der Waals surface area contributed by atoms with E-state index in [0.29, 0.717) is 0 Å². The summed E-state index contributed by atoms with van der Waals surface area (Å²) >= 11 is 0. The van der Waals surface area contributed by atoms with Gasteiger partial charge in [-0.15, -0.1) is 0 Å². The number of anilines is 1. The lowest BCUT2D eigenvalue weighted by Gasteiger charge is -2.12. The number of nitrogens with zero attached hydrogens (tertiary/aromatic N) is 1. The minimum atomic E-state index is -0.111. The molecule has 1 aromatic rings. The molecule has 88 valence electrons. The fourth-order valence-electron chi connectivity index (χ4n) is 1.26. The van der Waals surface area contributed by atoms with Gasteiger partial charge in [-0.2, -0.15) is 0 Å². The van der Waals surface area contributed by atoms with E-state index in [1.807, 2.05) is 24.3 Å². The lowest BCUT2D eigenvalue weighted by molar-refractivity contribution is 0.230. The van der Waals surface area contributed by atoms with Crippen LogP contribution in [0.25, 0.3) is 0 Å². The Morgan fingerprint density at radius 3 is 2.75 bits per heavy atom. The lowest BCUT2D eigenvalue weighted by atomic mass is 10.2. The van der Waals surface area contributed by atoms with Gasteiger partial charge in [0.1, 0.15) is 0 Å². The smallest absolute Gasteiger partial charge is 0.321 e. The molecule has 0 aliphatic carbocycles. The van der Waals surface area contributed by atoms with Gasteiger partial charge in [0.25, 0.3) is 0 Å². The van der Waals surface area contributed by atoms with Crippen molar-refractivity contribution in [2.75, 3.05) is 26.0 Å². The van der Waals surface area contributed by atoms with E-state index in [9.17, 15) is 4.79 Å². The van der Waals surface area contributed by atoms with E-state index < -0.39 is 0 Å². The zero-order valence-corrected chi connectivity index (χ0v) is 10.1. The van der Waals surface area contributed by atoms with E-state index in [0.717, 1.165) is 18.8 Å². The van der Waals surface area contributed by atoms with Crippen LogP contribution in [0, 0.1) is 0 Å². The molecule has 2 N–H and O–H groups in total. The predicted molar refractivity (Wildman–Crippen MR) is 66.5 cm³/mol. The van der Waals surface area contributed by atoms with E-state index >= 15 is 0 Å². The predicted octanol–water partition coefficient (Wildman–Crippen LogP) is 1.89. The highest BCUT2D eigenvalue weighted by Crippen LogP contribution is 2.10. The minimum Gasteiger partial charge on any atom is -0.331 e. The van der Waals surface area contributed by atoms with Crippen LogP contribution < -0.4 is 10.6 Å². The Balaban J connectivity index is 2.63. The maximum Gasteiger partial charge on any atom is 0.321 e. The van der Waals surface area contributed by atoms with Crippen LogP contribution in [0.4, 0.5) is 10.5 Å². The van der Waals surface area contributed by atoms with E-state index in [2.05, 4.69) is 17.6 Å². The Hall–Kier alpha value is -1.55. The van der Waals surface area contributed by atoms with Gasteiger partial charge in [-0.05, 0) is 24.2 Å². The molecule has 4 heteroatoms. The van der Waals surface area contributed by atoms with E-state index in [4.69, 9.17) is 0 Å². The molecule has 1 aromatic carbocycles. The van der Waals surface area contributed by atoms with Crippen LogP contribution in [0.1, 0.15) is 12.5 Å². The molecule has 0 aliphatic rings. The van der Waals surface area contributed by atoms with Crippen LogP contribution in [-0.2, 0) is 6.54 Å². The molecule has 2 amide bonds. The van der Waals surface area contributed by atoms with Crippen LogP contribution in [-0.4, -0.2) is 31.6 Å². The number of carbonyl (C=O) groups is 1. The highest BCUT2D eigenvalue weighted by atomic mass is 16.2. The third-order valence-corrected chi connectivity index (χ3v) is 2.16. The summed E-state index contributed by atoms with van der Waals surface area (Å²) in [4.78, 5) is 12.9. The van der Waals surface area contributed by atoms with Crippen molar-refractivity contribution in [1.82, 2.24) is 10.2 Å². The minimum absolute atomic E-state index is 0.111. The van der Waals surface area contributed by atoms with Gasteiger partial charge in [0.2, 0.25) is 0 Å². The van der Waals surface area contributed by atoms with E-state index in [1.165, 1.54) is 10.5 Å². The molecule has 0 atom stereocenters. The number of amides is 2. The largest absolute Gasteiger partial charge is 0.331 e. The van der Waals surface area contributed by atoms with Crippen LogP contribution in [0.15, 0.2) is 24.3 Å². The maximum absolute atomic E-state index is 11.4. The van der Waals surface area contributed by atoms with E-state index in [-0.39, 0.29) is 6.03 Å². The number of carbonyl (C=O) groups excluding carboxylic acids is 1. The summed E-state index contributed by atoms with van der Waals surface area (Å²) in [7, 11) is 3.44. The average Bonchev–Trinajstić information content (AvgIpc) is 2.26. The Kier molecular flexibility index (Phi) is 4.79. The molecule has 0 aliphatic heterocycles. The van der Waals surface area contributed by atoms with Crippen molar-refractivity contribution in [3.63, 3.8) is 0 Å². The molecule has 0 spiro atoms. The first-order valence-electron chi connectivity index (χ1n) is 5.41. The molecule has 16 heavy (non-hydrogen) atoms. The van der Waals surface area contributed by atoms with Crippen molar-refractivity contribution in [3.05, 3.63) is 29.8 Å². The first-order valence-corrected chi connectivity index (χ1v) is 5.41. The van der Waals surface area contributed by atoms with Crippen molar-refractivity contribution in [1.29, 1.82) is 0 Å². The van der Waals surface area contributed by atoms with Gasteiger partial charge in [-0.1, -0.05) is 19.1 Å². The Labute approximate surface area is 96.6 Å². The molecule has 0 bridgehead atoms. The fourth-order valence-corrected chi connectivity index (χ4v) is 1.26. The van der Waals surface area contributed by atoms with Crippen molar-refractivity contribution in [2.24, 2.45) is 0 Å². The zero-order chi connectivity index (χ0) is 12.0. The summed E-state index contributed by atoms with van der Waals surface area (Å²) in [5, 5.41) is 6.06. The van der Waals surface area contributed by atoms with Crippen molar-refractivity contribution < 1.29 is 4.79 Å². The second-order valence-electron chi connectivity index (χ2n) is 3.81. The number of nitrogens with one attached hydrogen (secondary N) is 2. The van der Waals surface area contributed by atoms with E-state index in [1.54, 1.807) is 14.1 Å². The van der Waals surface area contributed by atoms with Gasteiger partial charge < -0.3 is 15.5 Å². The van der Waals surface area contributed by atoms with Crippen LogP contribution in [0.5, 0.6) is 0 Å². The number of benzene rings is 1. The van der Waals surface area contributed by atoms with Crippen molar-refractivity contribution in [2.45, 2.75) is 13.5 Å². The third kappa shape index (κ3) is 3.90. The standard InChI is InChI=1S/C12H19N3O/c1-4-13-9-10-6-5-7-11(8-10)14-12(16)15(2)3/h5-8,13H,4,9H2,1-3H3,(H,14,16). The molecule has 0 saturated heterocycles. The van der Waals surface area contributed by atoms with Crippen molar-refractivity contribution >= 4 is 11.7 Å². The molecule has 0 radical (unpaired) electrons. The summed E-state index contributed by atoms with van der Waals surface area (Å²) in [6.45, 7) is 3.83. The topological polar surface area (TPSA) is 44.4 Å². The lowest BCUT2D eigenvalue weighted by Crippen LogP contribution is -2.27. The molecule has 1 rings (SSSR count). The summed E-state index contributed by atoms with van der Waals surface area (Å²) in [6, 6.07) is 7.73. The summed E-state index contributed by atoms with van der Waals surface area (Å²) in [5.74, 6) is 0. The SMILES string of the molecule is CCNCc1cccc(NC(=O)N(C)C)c1. The molecular weight excluding hydrogens is 202 g/mol. The summed E-state index contributed by atoms with van der Waals surface area (Å²) in [6.07, 6.45) is 0. The first kappa shape index (κ1) is 12.5. The molecular formula is C12H19N3O. The molecule has 0 fully saturated rings. The number of rotatable bonds is 4. The molecule has 0 unspecified atom stereocenters.